The first-order valence-corrected chi connectivity index (χ1v) is 9.12. The second-order valence-electron chi connectivity index (χ2n) is 7.04. The maximum absolute atomic E-state index is 12.0. The Hall–Kier alpha value is -1.53. The Balaban J connectivity index is 1.50. The molecule has 0 aromatic carbocycles. The van der Waals surface area contributed by atoms with Crippen molar-refractivity contribution >= 4 is 5.91 Å². The Bertz CT molecular complexity index is 531. The number of piperidine rings is 1. The zero-order valence-electron chi connectivity index (χ0n) is 14.5. The van der Waals surface area contributed by atoms with E-state index in [1.54, 1.807) is 18.6 Å². The highest BCUT2D eigenvalue weighted by molar-refractivity contribution is 5.76. The second kappa shape index (κ2) is 8.03. The van der Waals surface area contributed by atoms with Crippen LogP contribution in [-0.2, 0) is 11.2 Å². The molecule has 6 nitrogen and oxygen atoms in total. The number of aromatic nitrogens is 2. The van der Waals surface area contributed by atoms with E-state index < -0.39 is 0 Å². The van der Waals surface area contributed by atoms with Crippen molar-refractivity contribution in [3.05, 3.63) is 24.3 Å². The number of aliphatic hydroxyl groups excluding tert-OH is 1. The smallest absolute Gasteiger partial charge is 0.222 e. The maximum atomic E-state index is 12.0. The molecular formula is C18H28N4O2. The summed E-state index contributed by atoms with van der Waals surface area (Å²) in [6, 6.07) is 0.484. The molecule has 2 fully saturated rings. The van der Waals surface area contributed by atoms with Crippen molar-refractivity contribution in [3.8, 4) is 0 Å². The van der Waals surface area contributed by atoms with E-state index >= 15 is 0 Å². The molecule has 2 atom stereocenters. The summed E-state index contributed by atoms with van der Waals surface area (Å²) in [6.07, 6.45) is 9.25. The van der Waals surface area contributed by atoms with Gasteiger partial charge in [0.25, 0.3) is 0 Å². The van der Waals surface area contributed by atoms with Crippen LogP contribution in [0.15, 0.2) is 18.6 Å². The predicted octanol–water partition coefficient (Wildman–Crippen LogP) is 1.10. The van der Waals surface area contributed by atoms with Gasteiger partial charge in [-0.3, -0.25) is 19.7 Å². The number of aliphatic hydroxyl groups is 1. The molecule has 0 saturated carbocycles. The SMILES string of the molecule is CCCC(=O)N1CCC(N2C[C@@H](Cc3cnccn3)[C@H](O)C2)CC1. The third kappa shape index (κ3) is 4.11. The zero-order valence-corrected chi connectivity index (χ0v) is 14.5. The highest BCUT2D eigenvalue weighted by Gasteiger charge is 2.36. The first kappa shape index (κ1) is 17.3. The third-order valence-electron chi connectivity index (χ3n) is 5.32. The topological polar surface area (TPSA) is 69.6 Å². The molecule has 0 spiro atoms. The van der Waals surface area contributed by atoms with E-state index in [0.29, 0.717) is 12.5 Å². The summed E-state index contributed by atoms with van der Waals surface area (Å²) in [7, 11) is 0. The van der Waals surface area contributed by atoms with Crippen molar-refractivity contribution in [3.63, 3.8) is 0 Å². The minimum atomic E-state index is -0.299. The second-order valence-corrected chi connectivity index (χ2v) is 7.04. The minimum Gasteiger partial charge on any atom is -0.391 e. The number of hydrogen-bond donors (Lipinski definition) is 1. The number of carbonyl (C=O) groups excluding carboxylic acids is 1. The Morgan fingerprint density at radius 3 is 2.75 bits per heavy atom. The summed E-state index contributed by atoms with van der Waals surface area (Å²) < 4.78 is 0. The van der Waals surface area contributed by atoms with Crippen molar-refractivity contribution in [1.82, 2.24) is 19.8 Å². The van der Waals surface area contributed by atoms with Crippen LogP contribution in [-0.4, -0.2) is 69.1 Å². The summed E-state index contributed by atoms with van der Waals surface area (Å²) in [6.45, 7) is 5.40. The molecule has 1 N–H and O–H groups in total. The molecule has 1 amide bonds. The van der Waals surface area contributed by atoms with Crippen LogP contribution < -0.4 is 0 Å². The van der Waals surface area contributed by atoms with Gasteiger partial charge in [0.2, 0.25) is 5.91 Å². The lowest BCUT2D eigenvalue weighted by atomic mass is 10.00. The maximum Gasteiger partial charge on any atom is 0.222 e. The van der Waals surface area contributed by atoms with Crippen molar-refractivity contribution in [2.45, 2.75) is 51.2 Å². The van der Waals surface area contributed by atoms with Crippen LogP contribution in [0.1, 0.15) is 38.3 Å². The van der Waals surface area contributed by atoms with Gasteiger partial charge in [-0.15, -0.1) is 0 Å². The molecule has 132 valence electrons. The van der Waals surface area contributed by atoms with Crippen LogP contribution >= 0.6 is 0 Å². The van der Waals surface area contributed by atoms with E-state index in [0.717, 1.165) is 57.6 Å². The molecule has 1 aromatic heterocycles. The van der Waals surface area contributed by atoms with Gasteiger partial charge in [-0.1, -0.05) is 6.92 Å². The number of amides is 1. The van der Waals surface area contributed by atoms with E-state index in [9.17, 15) is 9.90 Å². The average molecular weight is 332 g/mol. The van der Waals surface area contributed by atoms with Gasteiger partial charge in [0, 0.05) is 63.2 Å². The van der Waals surface area contributed by atoms with Crippen molar-refractivity contribution < 1.29 is 9.90 Å². The quantitative estimate of drug-likeness (QED) is 0.874. The molecule has 1 aromatic rings. The summed E-state index contributed by atoms with van der Waals surface area (Å²) >= 11 is 0. The summed E-state index contributed by atoms with van der Waals surface area (Å²) in [5.74, 6) is 0.513. The first-order valence-electron chi connectivity index (χ1n) is 9.12. The highest BCUT2D eigenvalue weighted by atomic mass is 16.3. The largest absolute Gasteiger partial charge is 0.391 e. The molecule has 0 aliphatic carbocycles. The van der Waals surface area contributed by atoms with E-state index in [-0.39, 0.29) is 17.9 Å². The fourth-order valence-corrected chi connectivity index (χ4v) is 3.94. The van der Waals surface area contributed by atoms with Crippen molar-refractivity contribution in [2.24, 2.45) is 5.92 Å². The number of rotatable bonds is 5. The van der Waals surface area contributed by atoms with Gasteiger partial charge in [-0.05, 0) is 25.7 Å². The number of nitrogens with zero attached hydrogens (tertiary/aromatic N) is 4. The van der Waals surface area contributed by atoms with Crippen LogP contribution in [0, 0.1) is 5.92 Å². The zero-order chi connectivity index (χ0) is 16.9. The van der Waals surface area contributed by atoms with Gasteiger partial charge in [0.05, 0.1) is 11.8 Å². The predicted molar refractivity (Wildman–Crippen MR) is 91.3 cm³/mol. The summed E-state index contributed by atoms with van der Waals surface area (Å²) in [5, 5.41) is 10.4. The van der Waals surface area contributed by atoms with Crippen LogP contribution in [0.25, 0.3) is 0 Å². The van der Waals surface area contributed by atoms with Crippen LogP contribution in [0.3, 0.4) is 0 Å². The molecule has 2 aliphatic rings. The Labute approximate surface area is 143 Å². The van der Waals surface area contributed by atoms with Crippen LogP contribution in [0.2, 0.25) is 0 Å². The number of β-amino-alcohol motifs (C(OH)–C–C–N with tert-alkyl or cyclic N) is 1. The fourth-order valence-electron chi connectivity index (χ4n) is 3.94. The minimum absolute atomic E-state index is 0.224. The molecule has 3 rings (SSSR count). The van der Waals surface area contributed by atoms with Crippen molar-refractivity contribution in [2.75, 3.05) is 26.2 Å². The third-order valence-corrected chi connectivity index (χ3v) is 5.32. The van der Waals surface area contributed by atoms with E-state index in [1.807, 2.05) is 11.8 Å². The monoisotopic (exact) mass is 332 g/mol. The lowest BCUT2D eigenvalue weighted by Crippen LogP contribution is -2.46. The Morgan fingerprint density at radius 1 is 1.29 bits per heavy atom. The van der Waals surface area contributed by atoms with Gasteiger partial charge in [-0.25, -0.2) is 0 Å². The van der Waals surface area contributed by atoms with Gasteiger partial charge < -0.3 is 10.0 Å². The Morgan fingerprint density at radius 2 is 2.08 bits per heavy atom. The lowest BCUT2D eigenvalue weighted by Gasteiger charge is -2.36. The number of likely N-dealkylation sites (tertiary alicyclic amines) is 2. The molecule has 24 heavy (non-hydrogen) atoms. The lowest BCUT2D eigenvalue weighted by molar-refractivity contribution is -0.132. The Kier molecular flexibility index (Phi) is 5.79. The van der Waals surface area contributed by atoms with E-state index in [2.05, 4.69) is 14.9 Å². The molecule has 6 heteroatoms. The summed E-state index contributed by atoms with van der Waals surface area (Å²) in [5.41, 5.74) is 0.948. The van der Waals surface area contributed by atoms with Crippen LogP contribution in [0.4, 0.5) is 0 Å². The molecule has 0 unspecified atom stereocenters. The number of carbonyl (C=O) groups is 1. The molecule has 3 heterocycles. The van der Waals surface area contributed by atoms with E-state index in [1.165, 1.54) is 0 Å². The normalized spacial score (nSPS) is 26.0. The molecule has 2 saturated heterocycles. The standard InChI is InChI=1S/C18H28N4O2/c1-2-3-18(24)21-8-4-16(5-9-21)22-12-14(17(23)13-22)10-15-11-19-6-7-20-15/h6-7,11,14,16-17,23H,2-5,8-10,12-13H2,1H3/t14-,17-/m1/s1. The average Bonchev–Trinajstić information content (AvgIpc) is 2.97. The number of hydrogen-bond acceptors (Lipinski definition) is 5. The van der Waals surface area contributed by atoms with Crippen molar-refractivity contribution in [1.29, 1.82) is 0 Å². The summed E-state index contributed by atoms with van der Waals surface area (Å²) in [4.78, 5) is 24.8. The molecular weight excluding hydrogens is 304 g/mol. The fraction of sp³-hybridized carbons (Fsp3) is 0.722. The van der Waals surface area contributed by atoms with Gasteiger partial charge >= 0.3 is 0 Å². The van der Waals surface area contributed by atoms with Crippen LogP contribution in [0.5, 0.6) is 0 Å². The van der Waals surface area contributed by atoms with E-state index in [4.69, 9.17) is 0 Å². The highest BCUT2D eigenvalue weighted by Crippen LogP contribution is 2.26. The molecule has 0 bridgehead atoms. The molecule has 0 radical (unpaired) electrons. The first-order chi connectivity index (χ1) is 11.7. The molecule has 2 aliphatic heterocycles. The van der Waals surface area contributed by atoms with Gasteiger partial charge in [-0.2, -0.15) is 0 Å². The van der Waals surface area contributed by atoms with Gasteiger partial charge in [0.1, 0.15) is 0 Å². The van der Waals surface area contributed by atoms with Gasteiger partial charge in [0.15, 0.2) is 0 Å².